The van der Waals surface area contributed by atoms with E-state index in [1.165, 1.54) is 30.6 Å². The van der Waals surface area contributed by atoms with Crippen molar-refractivity contribution in [2.75, 3.05) is 5.73 Å². The predicted molar refractivity (Wildman–Crippen MR) is 90.1 cm³/mol. The molecular formula is C16H19ClN2OS. The first-order valence-corrected chi connectivity index (χ1v) is 8.54. The van der Waals surface area contributed by atoms with E-state index in [4.69, 9.17) is 17.3 Å². The average molecular weight is 323 g/mol. The minimum atomic E-state index is -0.0662. The van der Waals surface area contributed by atoms with Crippen molar-refractivity contribution < 1.29 is 4.79 Å². The number of fused-ring (bicyclic) bond motifs is 1. The largest absolute Gasteiger partial charge is 0.397 e. The van der Waals surface area contributed by atoms with Crippen molar-refractivity contribution in [2.24, 2.45) is 5.92 Å². The fraction of sp³-hybridized carbons (Fsp3) is 0.438. The van der Waals surface area contributed by atoms with Crippen LogP contribution in [0.5, 0.6) is 0 Å². The lowest BCUT2D eigenvalue weighted by Crippen LogP contribution is -2.40. The van der Waals surface area contributed by atoms with E-state index in [0.717, 1.165) is 16.5 Å². The lowest BCUT2D eigenvalue weighted by molar-refractivity contribution is 0.0915. The van der Waals surface area contributed by atoms with Gasteiger partial charge in [-0.1, -0.05) is 37.4 Å². The molecule has 3 rings (SSSR count). The highest BCUT2D eigenvalue weighted by Gasteiger charge is 2.25. The zero-order chi connectivity index (χ0) is 15.0. The summed E-state index contributed by atoms with van der Waals surface area (Å²) in [5.41, 5.74) is 6.65. The fourth-order valence-corrected chi connectivity index (χ4v) is 4.45. The molecule has 0 saturated heterocycles. The van der Waals surface area contributed by atoms with E-state index in [1.807, 2.05) is 12.1 Å². The van der Waals surface area contributed by atoms with Crippen LogP contribution in [0.4, 0.5) is 5.69 Å². The predicted octanol–water partition coefficient (Wildman–Crippen LogP) is 4.45. The molecule has 112 valence electrons. The Morgan fingerprint density at radius 1 is 1.38 bits per heavy atom. The zero-order valence-electron chi connectivity index (χ0n) is 12.0. The van der Waals surface area contributed by atoms with Gasteiger partial charge in [-0.3, -0.25) is 4.79 Å². The Morgan fingerprint density at radius 3 is 2.86 bits per heavy atom. The smallest absolute Gasteiger partial charge is 0.263 e. The Kier molecular flexibility index (Phi) is 4.09. The molecule has 3 N–H and O–H groups in total. The quantitative estimate of drug-likeness (QED) is 0.858. The van der Waals surface area contributed by atoms with Crippen LogP contribution in [0.1, 0.15) is 42.3 Å². The molecule has 0 spiro atoms. The molecule has 1 amide bonds. The van der Waals surface area contributed by atoms with Gasteiger partial charge in [-0.2, -0.15) is 0 Å². The first kappa shape index (κ1) is 14.7. The number of halogens is 1. The molecule has 2 aromatic rings. The molecule has 3 nitrogen and oxygen atoms in total. The van der Waals surface area contributed by atoms with E-state index in [-0.39, 0.29) is 11.9 Å². The number of hydrogen-bond donors (Lipinski definition) is 2. The van der Waals surface area contributed by atoms with Crippen LogP contribution in [-0.4, -0.2) is 11.9 Å². The van der Waals surface area contributed by atoms with Gasteiger partial charge in [0.2, 0.25) is 0 Å². The third kappa shape index (κ3) is 2.74. The minimum Gasteiger partial charge on any atom is -0.397 e. The van der Waals surface area contributed by atoms with Crippen LogP contribution < -0.4 is 11.1 Å². The molecule has 5 heteroatoms. The molecule has 1 fully saturated rings. The number of carbonyl (C=O) groups is 1. The van der Waals surface area contributed by atoms with Gasteiger partial charge in [0.25, 0.3) is 5.91 Å². The van der Waals surface area contributed by atoms with Crippen LogP contribution in [0.3, 0.4) is 0 Å². The normalized spacial score (nSPS) is 22.4. The highest BCUT2D eigenvalue weighted by Crippen LogP contribution is 2.38. The van der Waals surface area contributed by atoms with Gasteiger partial charge in [0.1, 0.15) is 4.88 Å². The number of benzene rings is 1. The van der Waals surface area contributed by atoms with Crippen molar-refractivity contribution in [3.05, 3.63) is 28.1 Å². The molecule has 1 aliphatic carbocycles. The van der Waals surface area contributed by atoms with Gasteiger partial charge in [0.15, 0.2) is 0 Å². The van der Waals surface area contributed by atoms with E-state index in [9.17, 15) is 4.79 Å². The van der Waals surface area contributed by atoms with Crippen LogP contribution in [0.15, 0.2) is 18.2 Å². The second-order valence-electron chi connectivity index (χ2n) is 5.80. The third-order valence-electron chi connectivity index (χ3n) is 4.34. The number of amides is 1. The zero-order valence-corrected chi connectivity index (χ0v) is 13.6. The molecule has 21 heavy (non-hydrogen) atoms. The molecule has 0 aliphatic heterocycles. The number of hydrogen-bond acceptors (Lipinski definition) is 3. The third-order valence-corrected chi connectivity index (χ3v) is 5.82. The van der Waals surface area contributed by atoms with Crippen LogP contribution >= 0.6 is 22.9 Å². The minimum absolute atomic E-state index is 0.0662. The Morgan fingerprint density at radius 2 is 2.14 bits per heavy atom. The summed E-state index contributed by atoms with van der Waals surface area (Å²) in [4.78, 5) is 13.1. The van der Waals surface area contributed by atoms with Gasteiger partial charge in [0, 0.05) is 16.1 Å². The number of nitrogens with two attached hydrogens (primary N) is 1. The van der Waals surface area contributed by atoms with Crippen molar-refractivity contribution in [3.8, 4) is 0 Å². The second-order valence-corrected chi connectivity index (χ2v) is 7.26. The summed E-state index contributed by atoms with van der Waals surface area (Å²) in [5.74, 6) is 0.463. The van der Waals surface area contributed by atoms with Crippen molar-refractivity contribution in [3.63, 3.8) is 0 Å². The van der Waals surface area contributed by atoms with Crippen molar-refractivity contribution in [1.82, 2.24) is 5.32 Å². The Hall–Kier alpha value is -1.26. The molecule has 2 atom stereocenters. The summed E-state index contributed by atoms with van der Waals surface area (Å²) in [6, 6.07) is 5.89. The topological polar surface area (TPSA) is 55.1 Å². The molecule has 0 radical (unpaired) electrons. The number of thiophene rings is 1. The summed E-state index contributed by atoms with van der Waals surface area (Å²) >= 11 is 7.60. The molecule has 2 unspecified atom stereocenters. The maximum absolute atomic E-state index is 12.5. The number of carbonyl (C=O) groups excluding carboxylic acids is 1. The molecule has 0 bridgehead atoms. The molecule has 1 saturated carbocycles. The lowest BCUT2D eigenvalue weighted by Gasteiger charge is -2.29. The molecule has 1 aromatic heterocycles. The highest BCUT2D eigenvalue weighted by atomic mass is 35.5. The van der Waals surface area contributed by atoms with E-state index in [2.05, 4.69) is 12.2 Å². The maximum Gasteiger partial charge on any atom is 0.263 e. The Bertz CT molecular complexity index is 682. The molecular weight excluding hydrogens is 304 g/mol. The monoisotopic (exact) mass is 322 g/mol. The summed E-state index contributed by atoms with van der Waals surface area (Å²) in [5, 5.41) is 4.55. The Balaban J connectivity index is 1.88. The van der Waals surface area contributed by atoms with Crippen LogP contribution in [-0.2, 0) is 0 Å². The number of rotatable bonds is 2. The van der Waals surface area contributed by atoms with Crippen molar-refractivity contribution in [2.45, 2.75) is 38.6 Å². The number of nitrogens with one attached hydrogen (secondary N) is 1. The SMILES string of the molecule is CC1CCCCC1NC(=O)c1sc2cccc(Cl)c2c1N. The second kappa shape index (κ2) is 5.85. The average Bonchev–Trinajstić information content (AvgIpc) is 2.80. The summed E-state index contributed by atoms with van der Waals surface area (Å²) in [6.07, 6.45) is 4.67. The van der Waals surface area contributed by atoms with Crippen molar-refractivity contribution >= 4 is 44.6 Å². The first-order valence-electron chi connectivity index (χ1n) is 7.35. The Labute approximate surface area is 133 Å². The van der Waals surface area contributed by atoms with Crippen molar-refractivity contribution in [1.29, 1.82) is 0 Å². The highest BCUT2D eigenvalue weighted by molar-refractivity contribution is 7.21. The summed E-state index contributed by atoms with van der Waals surface area (Å²) < 4.78 is 0.960. The number of nitrogen functional groups attached to an aromatic ring is 1. The molecule has 1 aliphatic rings. The van der Waals surface area contributed by atoms with Crippen LogP contribution in [0.2, 0.25) is 5.02 Å². The van der Waals surface area contributed by atoms with E-state index < -0.39 is 0 Å². The first-order chi connectivity index (χ1) is 10.1. The van der Waals surface area contributed by atoms with Gasteiger partial charge < -0.3 is 11.1 Å². The summed E-state index contributed by atoms with van der Waals surface area (Å²) in [6.45, 7) is 2.20. The number of anilines is 1. The van der Waals surface area contributed by atoms with Crippen LogP contribution in [0, 0.1) is 5.92 Å². The summed E-state index contributed by atoms with van der Waals surface area (Å²) in [7, 11) is 0. The maximum atomic E-state index is 12.5. The van der Waals surface area contributed by atoms with Gasteiger partial charge in [-0.15, -0.1) is 11.3 Å². The van der Waals surface area contributed by atoms with E-state index in [0.29, 0.717) is 21.5 Å². The van der Waals surface area contributed by atoms with E-state index in [1.54, 1.807) is 6.07 Å². The van der Waals surface area contributed by atoms with E-state index >= 15 is 0 Å². The van der Waals surface area contributed by atoms with Gasteiger partial charge in [-0.25, -0.2) is 0 Å². The van der Waals surface area contributed by atoms with Gasteiger partial charge >= 0.3 is 0 Å². The lowest BCUT2D eigenvalue weighted by atomic mass is 9.86. The molecule has 1 aromatic carbocycles. The molecule has 1 heterocycles. The fourth-order valence-electron chi connectivity index (χ4n) is 3.06. The van der Waals surface area contributed by atoms with Crippen LogP contribution in [0.25, 0.3) is 10.1 Å². The van der Waals surface area contributed by atoms with Gasteiger partial charge in [0.05, 0.1) is 10.7 Å². The van der Waals surface area contributed by atoms with Gasteiger partial charge in [-0.05, 0) is 30.9 Å². The standard InChI is InChI=1S/C16H19ClN2OS/c1-9-5-2-3-7-11(9)19-16(20)15-14(18)13-10(17)6-4-8-12(13)21-15/h4,6,8-9,11H,2-3,5,7,18H2,1H3,(H,19,20).